The molecule has 6 heteroatoms. The predicted molar refractivity (Wildman–Crippen MR) is 83.9 cm³/mol. The number of piperidine rings is 1. The van der Waals surface area contributed by atoms with Crippen LogP contribution in [0.5, 0.6) is 0 Å². The van der Waals surface area contributed by atoms with Gasteiger partial charge in [-0.2, -0.15) is 5.26 Å². The Morgan fingerprint density at radius 1 is 1.30 bits per heavy atom. The van der Waals surface area contributed by atoms with Gasteiger partial charge in [-0.05, 0) is 18.4 Å². The summed E-state index contributed by atoms with van der Waals surface area (Å²) in [5.74, 6) is -1.57. The van der Waals surface area contributed by atoms with Gasteiger partial charge in [-0.1, -0.05) is 30.3 Å². The SMILES string of the molecule is N#C/C(=C/NCc1ccccc1)C(=O)N1CCC(C(=O)O)CC1. The summed E-state index contributed by atoms with van der Waals surface area (Å²) in [6.45, 7) is 1.27. The van der Waals surface area contributed by atoms with Crippen LogP contribution >= 0.6 is 0 Å². The molecule has 0 radical (unpaired) electrons. The number of carboxylic acids is 1. The zero-order valence-corrected chi connectivity index (χ0v) is 12.7. The lowest BCUT2D eigenvalue weighted by Gasteiger charge is -2.29. The van der Waals surface area contributed by atoms with E-state index in [1.165, 1.54) is 6.20 Å². The number of nitriles is 1. The number of amides is 1. The summed E-state index contributed by atoms with van der Waals surface area (Å²) in [4.78, 5) is 24.8. The molecule has 0 bridgehead atoms. The minimum atomic E-state index is -0.822. The fourth-order valence-corrected chi connectivity index (χ4v) is 2.51. The molecular formula is C17H19N3O3. The number of carbonyl (C=O) groups excluding carboxylic acids is 1. The maximum absolute atomic E-state index is 12.3. The third kappa shape index (κ3) is 4.58. The van der Waals surface area contributed by atoms with Crippen molar-refractivity contribution in [1.82, 2.24) is 10.2 Å². The van der Waals surface area contributed by atoms with Crippen molar-refractivity contribution in [2.75, 3.05) is 13.1 Å². The molecule has 1 fully saturated rings. The fourth-order valence-electron chi connectivity index (χ4n) is 2.51. The smallest absolute Gasteiger partial charge is 0.306 e. The van der Waals surface area contributed by atoms with Crippen LogP contribution in [0.3, 0.4) is 0 Å². The van der Waals surface area contributed by atoms with Crippen molar-refractivity contribution in [2.45, 2.75) is 19.4 Å². The molecule has 0 saturated carbocycles. The van der Waals surface area contributed by atoms with Gasteiger partial charge in [0.2, 0.25) is 0 Å². The lowest BCUT2D eigenvalue weighted by Crippen LogP contribution is -2.41. The van der Waals surface area contributed by atoms with E-state index < -0.39 is 11.9 Å². The van der Waals surface area contributed by atoms with Crippen LogP contribution in [0.15, 0.2) is 42.1 Å². The Morgan fingerprint density at radius 3 is 2.52 bits per heavy atom. The standard InChI is InChI=1S/C17H19N3O3/c18-10-15(12-19-11-13-4-2-1-3-5-13)16(21)20-8-6-14(7-9-20)17(22)23/h1-5,12,14,19H,6-9,11H2,(H,22,23)/b15-12-. The Balaban J connectivity index is 1.90. The number of hydrogen-bond donors (Lipinski definition) is 2. The van der Waals surface area contributed by atoms with Crippen molar-refractivity contribution in [3.8, 4) is 6.07 Å². The first-order chi connectivity index (χ1) is 11.1. The van der Waals surface area contributed by atoms with Gasteiger partial charge in [-0.3, -0.25) is 9.59 Å². The lowest BCUT2D eigenvalue weighted by atomic mass is 9.97. The van der Waals surface area contributed by atoms with Crippen LogP contribution in [-0.4, -0.2) is 35.0 Å². The minimum Gasteiger partial charge on any atom is -0.481 e. The van der Waals surface area contributed by atoms with E-state index in [9.17, 15) is 9.59 Å². The molecule has 120 valence electrons. The number of carboxylic acid groups (broad SMARTS) is 1. The number of likely N-dealkylation sites (tertiary alicyclic amines) is 1. The predicted octanol–water partition coefficient (Wildman–Crippen LogP) is 1.51. The van der Waals surface area contributed by atoms with Gasteiger partial charge >= 0.3 is 5.97 Å². The maximum Gasteiger partial charge on any atom is 0.306 e. The number of aliphatic carboxylic acids is 1. The first-order valence-corrected chi connectivity index (χ1v) is 7.51. The molecule has 6 nitrogen and oxygen atoms in total. The summed E-state index contributed by atoms with van der Waals surface area (Å²) in [6.07, 6.45) is 2.28. The van der Waals surface area contributed by atoms with Gasteiger partial charge in [-0.25, -0.2) is 0 Å². The summed E-state index contributed by atoms with van der Waals surface area (Å²) in [5, 5.41) is 21.1. The van der Waals surface area contributed by atoms with Gasteiger partial charge < -0.3 is 15.3 Å². The Hall–Kier alpha value is -2.81. The van der Waals surface area contributed by atoms with Gasteiger partial charge in [0, 0.05) is 25.8 Å². The molecule has 1 aliphatic heterocycles. The van der Waals surface area contributed by atoms with E-state index in [0.29, 0.717) is 32.5 Å². The van der Waals surface area contributed by atoms with Crippen molar-refractivity contribution in [3.63, 3.8) is 0 Å². The van der Waals surface area contributed by atoms with E-state index in [-0.39, 0.29) is 11.5 Å². The highest BCUT2D eigenvalue weighted by Gasteiger charge is 2.28. The quantitative estimate of drug-likeness (QED) is 0.635. The van der Waals surface area contributed by atoms with Crippen molar-refractivity contribution in [2.24, 2.45) is 5.92 Å². The fraction of sp³-hybridized carbons (Fsp3) is 0.353. The number of rotatable bonds is 5. The highest BCUT2D eigenvalue weighted by atomic mass is 16.4. The molecule has 1 saturated heterocycles. The first-order valence-electron chi connectivity index (χ1n) is 7.51. The molecule has 0 spiro atoms. The van der Waals surface area contributed by atoms with Crippen molar-refractivity contribution in [3.05, 3.63) is 47.7 Å². The second-order valence-electron chi connectivity index (χ2n) is 5.44. The van der Waals surface area contributed by atoms with E-state index in [1.54, 1.807) is 4.90 Å². The number of hydrogen-bond acceptors (Lipinski definition) is 4. The van der Waals surface area contributed by atoms with Crippen LogP contribution in [0.4, 0.5) is 0 Å². The second kappa shape index (κ2) is 7.99. The number of benzene rings is 1. The molecule has 1 amide bonds. The Morgan fingerprint density at radius 2 is 1.96 bits per heavy atom. The van der Waals surface area contributed by atoms with Crippen LogP contribution in [0.2, 0.25) is 0 Å². The summed E-state index contributed by atoms with van der Waals surface area (Å²) >= 11 is 0. The van der Waals surface area contributed by atoms with E-state index in [2.05, 4.69) is 5.32 Å². The van der Waals surface area contributed by atoms with Crippen LogP contribution in [0, 0.1) is 17.2 Å². The average molecular weight is 313 g/mol. The van der Waals surface area contributed by atoms with E-state index in [1.807, 2.05) is 36.4 Å². The molecule has 0 aliphatic carbocycles. The van der Waals surface area contributed by atoms with Gasteiger partial charge in [-0.15, -0.1) is 0 Å². The monoisotopic (exact) mass is 313 g/mol. The summed E-state index contributed by atoms with van der Waals surface area (Å²) in [7, 11) is 0. The lowest BCUT2D eigenvalue weighted by molar-refractivity contribution is -0.145. The van der Waals surface area contributed by atoms with Crippen LogP contribution < -0.4 is 5.32 Å². The zero-order valence-electron chi connectivity index (χ0n) is 12.7. The minimum absolute atomic E-state index is 0.0368. The second-order valence-corrected chi connectivity index (χ2v) is 5.44. The van der Waals surface area contributed by atoms with Crippen LogP contribution in [0.25, 0.3) is 0 Å². The summed E-state index contributed by atoms with van der Waals surface area (Å²) in [6, 6.07) is 11.6. The largest absolute Gasteiger partial charge is 0.481 e. The number of carbonyl (C=O) groups is 2. The Bertz CT molecular complexity index is 626. The molecule has 1 aromatic rings. The topological polar surface area (TPSA) is 93.4 Å². The molecule has 0 aromatic heterocycles. The maximum atomic E-state index is 12.3. The summed E-state index contributed by atoms with van der Waals surface area (Å²) in [5.41, 5.74) is 1.09. The third-order valence-corrected chi connectivity index (χ3v) is 3.88. The molecule has 2 rings (SSSR count). The Labute approximate surface area is 135 Å². The van der Waals surface area contributed by atoms with Gasteiger partial charge in [0.15, 0.2) is 0 Å². The van der Waals surface area contributed by atoms with Crippen molar-refractivity contribution in [1.29, 1.82) is 5.26 Å². The molecule has 0 unspecified atom stereocenters. The van der Waals surface area contributed by atoms with Gasteiger partial charge in [0.1, 0.15) is 11.6 Å². The highest BCUT2D eigenvalue weighted by molar-refractivity contribution is 5.97. The molecule has 23 heavy (non-hydrogen) atoms. The first kappa shape index (κ1) is 16.6. The van der Waals surface area contributed by atoms with E-state index in [0.717, 1.165) is 5.56 Å². The van der Waals surface area contributed by atoms with Crippen LogP contribution in [0.1, 0.15) is 18.4 Å². The molecule has 2 N–H and O–H groups in total. The molecular weight excluding hydrogens is 294 g/mol. The van der Waals surface area contributed by atoms with Crippen LogP contribution in [-0.2, 0) is 16.1 Å². The van der Waals surface area contributed by atoms with Gasteiger partial charge in [0.05, 0.1) is 5.92 Å². The van der Waals surface area contributed by atoms with Crippen molar-refractivity contribution < 1.29 is 14.7 Å². The molecule has 1 heterocycles. The number of nitrogens with one attached hydrogen (secondary N) is 1. The third-order valence-electron chi connectivity index (χ3n) is 3.88. The van der Waals surface area contributed by atoms with E-state index >= 15 is 0 Å². The number of nitrogens with zero attached hydrogens (tertiary/aromatic N) is 2. The van der Waals surface area contributed by atoms with E-state index in [4.69, 9.17) is 10.4 Å². The normalized spacial score (nSPS) is 15.8. The highest BCUT2D eigenvalue weighted by Crippen LogP contribution is 2.18. The summed E-state index contributed by atoms with van der Waals surface area (Å²) < 4.78 is 0. The molecule has 0 atom stereocenters. The average Bonchev–Trinajstić information content (AvgIpc) is 2.59. The Kier molecular flexibility index (Phi) is 5.75. The van der Waals surface area contributed by atoms with Crippen molar-refractivity contribution >= 4 is 11.9 Å². The molecule has 1 aromatic carbocycles. The molecule has 1 aliphatic rings. The van der Waals surface area contributed by atoms with Gasteiger partial charge in [0.25, 0.3) is 5.91 Å². The zero-order chi connectivity index (χ0) is 16.7.